The summed E-state index contributed by atoms with van der Waals surface area (Å²) in [6.45, 7) is 4.91. The lowest BCUT2D eigenvalue weighted by Gasteiger charge is -2.35. The van der Waals surface area contributed by atoms with E-state index in [2.05, 4.69) is 10.6 Å². The van der Waals surface area contributed by atoms with Gasteiger partial charge in [-0.05, 0) is 84.9 Å². The fourth-order valence-electron chi connectivity index (χ4n) is 5.76. The molecule has 1 saturated heterocycles. The topological polar surface area (TPSA) is 105 Å². The number of carbonyl (C=O) groups excluding carboxylic acids is 3. The van der Waals surface area contributed by atoms with Crippen LogP contribution in [0.1, 0.15) is 52.9 Å². The molecule has 0 bridgehead atoms. The summed E-state index contributed by atoms with van der Waals surface area (Å²) in [6.07, 6.45) is 2.07. The zero-order valence-corrected chi connectivity index (χ0v) is 21.9. The fourth-order valence-corrected chi connectivity index (χ4v) is 5.76. The van der Waals surface area contributed by atoms with Crippen LogP contribution in [0.3, 0.4) is 0 Å². The Morgan fingerprint density at radius 3 is 2.53 bits per heavy atom. The first-order valence-corrected chi connectivity index (χ1v) is 13.6. The van der Waals surface area contributed by atoms with Gasteiger partial charge < -0.3 is 21.3 Å². The van der Waals surface area contributed by atoms with Crippen LogP contribution in [0.5, 0.6) is 0 Å². The Bertz CT molecular complexity index is 1350. The number of Topliss-reactive ketones (excluding diaryl/α,β-unsaturated/α-hetero) is 1. The van der Waals surface area contributed by atoms with E-state index in [-0.39, 0.29) is 23.5 Å². The molecule has 4 N–H and O–H groups in total. The number of fused-ring (bicyclic) bond motifs is 2. The third-order valence-electron chi connectivity index (χ3n) is 7.96. The zero-order chi connectivity index (χ0) is 26.6. The number of hydrogen-bond acceptors (Lipinski definition) is 5. The Balaban J connectivity index is 1.42. The van der Waals surface area contributed by atoms with Gasteiger partial charge in [0, 0.05) is 37.2 Å². The smallest absolute Gasteiger partial charge is 0.251 e. The number of amides is 2. The average molecular weight is 513 g/mol. The van der Waals surface area contributed by atoms with E-state index in [1.807, 2.05) is 61.5 Å². The molecule has 7 nitrogen and oxygen atoms in total. The molecule has 0 spiro atoms. The van der Waals surface area contributed by atoms with E-state index in [9.17, 15) is 14.4 Å². The average Bonchev–Trinajstić information content (AvgIpc) is 2.96. The minimum absolute atomic E-state index is 0.0467. The molecule has 3 aromatic carbocycles. The quantitative estimate of drug-likeness (QED) is 0.421. The number of benzene rings is 3. The van der Waals surface area contributed by atoms with Crippen molar-refractivity contribution in [3.05, 3.63) is 82.9 Å². The highest BCUT2D eigenvalue weighted by Crippen LogP contribution is 2.32. The van der Waals surface area contributed by atoms with E-state index in [0.29, 0.717) is 31.6 Å². The molecule has 2 atom stereocenters. The second-order valence-corrected chi connectivity index (χ2v) is 10.4. The van der Waals surface area contributed by atoms with Gasteiger partial charge in [-0.2, -0.15) is 0 Å². The van der Waals surface area contributed by atoms with E-state index in [1.165, 1.54) is 0 Å². The van der Waals surface area contributed by atoms with Gasteiger partial charge in [-0.15, -0.1) is 0 Å². The monoisotopic (exact) mass is 512 g/mol. The molecular formula is C31H36N4O3. The van der Waals surface area contributed by atoms with Crippen LogP contribution in [0.2, 0.25) is 0 Å². The maximum atomic E-state index is 14.1. The van der Waals surface area contributed by atoms with Crippen molar-refractivity contribution in [2.75, 3.05) is 26.2 Å². The lowest BCUT2D eigenvalue weighted by Crippen LogP contribution is -2.48. The van der Waals surface area contributed by atoms with E-state index < -0.39 is 12.0 Å². The maximum Gasteiger partial charge on any atom is 0.251 e. The summed E-state index contributed by atoms with van der Waals surface area (Å²) < 4.78 is 0. The molecule has 0 aromatic heterocycles. The number of nitrogens with two attached hydrogens (primary N) is 1. The van der Waals surface area contributed by atoms with Crippen LogP contribution in [0.25, 0.3) is 10.8 Å². The molecule has 5 rings (SSSR count). The first-order chi connectivity index (χ1) is 18.5. The lowest BCUT2D eigenvalue weighted by molar-refractivity contribution is -0.145. The third kappa shape index (κ3) is 5.35. The summed E-state index contributed by atoms with van der Waals surface area (Å²) in [5.41, 5.74) is 10.3. The van der Waals surface area contributed by atoms with Crippen molar-refractivity contribution < 1.29 is 14.4 Å². The molecule has 0 saturated carbocycles. The number of nitrogens with one attached hydrogen (secondary N) is 2. The van der Waals surface area contributed by atoms with Gasteiger partial charge in [0.15, 0.2) is 0 Å². The molecule has 0 aliphatic carbocycles. The molecule has 2 aliphatic heterocycles. The van der Waals surface area contributed by atoms with Gasteiger partial charge in [-0.25, -0.2) is 0 Å². The van der Waals surface area contributed by atoms with E-state index >= 15 is 0 Å². The normalized spacial score (nSPS) is 17.5. The summed E-state index contributed by atoms with van der Waals surface area (Å²) in [7, 11) is 0. The van der Waals surface area contributed by atoms with Crippen LogP contribution in [0.4, 0.5) is 0 Å². The van der Waals surface area contributed by atoms with Crippen LogP contribution in [-0.4, -0.2) is 48.7 Å². The van der Waals surface area contributed by atoms with Crippen molar-refractivity contribution in [2.45, 2.75) is 38.8 Å². The highest BCUT2D eigenvalue weighted by Gasteiger charge is 2.40. The van der Waals surface area contributed by atoms with Crippen molar-refractivity contribution >= 4 is 28.4 Å². The maximum absolute atomic E-state index is 14.1. The van der Waals surface area contributed by atoms with E-state index in [1.54, 1.807) is 11.0 Å². The van der Waals surface area contributed by atoms with Gasteiger partial charge in [0.05, 0.1) is 0 Å². The summed E-state index contributed by atoms with van der Waals surface area (Å²) in [4.78, 5) is 42.0. The predicted octanol–water partition coefficient (Wildman–Crippen LogP) is 3.36. The van der Waals surface area contributed by atoms with Gasteiger partial charge in [-0.3, -0.25) is 14.4 Å². The molecule has 38 heavy (non-hydrogen) atoms. The molecule has 2 amide bonds. The fraction of sp³-hybridized carbons (Fsp3) is 0.387. The van der Waals surface area contributed by atoms with E-state index in [0.717, 1.165) is 53.4 Å². The Morgan fingerprint density at radius 2 is 1.76 bits per heavy atom. The summed E-state index contributed by atoms with van der Waals surface area (Å²) in [5.74, 6) is -1.45. The first kappa shape index (κ1) is 26.1. The minimum Gasteiger partial charge on any atom is -0.352 e. The molecule has 0 radical (unpaired) electrons. The van der Waals surface area contributed by atoms with E-state index in [4.69, 9.17) is 5.73 Å². The van der Waals surface area contributed by atoms with Crippen LogP contribution >= 0.6 is 0 Å². The Morgan fingerprint density at radius 1 is 1.00 bits per heavy atom. The Hall–Kier alpha value is -3.55. The largest absolute Gasteiger partial charge is 0.352 e. The number of carbonyl (C=O) groups is 3. The number of nitrogens with zero attached hydrogens (tertiary/aromatic N) is 1. The molecule has 2 aliphatic rings. The molecular weight excluding hydrogens is 476 g/mol. The van der Waals surface area contributed by atoms with Crippen LogP contribution in [0, 0.1) is 11.8 Å². The number of rotatable bonds is 7. The van der Waals surface area contributed by atoms with Crippen LogP contribution < -0.4 is 16.4 Å². The van der Waals surface area contributed by atoms with Gasteiger partial charge in [-0.1, -0.05) is 42.5 Å². The molecule has 2 unspecified atom stereocenters. The lowest BCUT2D eigenvalue weighted by atomic mass is 9.79. The summed E-state index contributed by atoms with van der Waals surface area (Å²) in [6, 6.07) is 18.9. The minimum atomic E-state index is -0.935. The first-order valence-electron chi connectivity index (χ1n) is 13.6. The highest BCUT2D eigenvalue weighted by atomic mass is 16.2. The second kappa shape index (κ2) is 11.5. The summed E-state index contributed by atoms with van der Waals surface area (Å²) in [5, 5.41) is 8.27. The van der Waals surface area contributed by atoms with Crippen molar-refractivity contribution in [1.29, 1.82) is 0 Å². The highest BCUT2D eigenvalue weighted by molar-refractivity contribution is 6.03. The zero-order valence-electron chi connectivity index (χ0n) is 21.9. The van der Waals surface area contributed by atoms with Gasteiger partial charge in [0.2, 0.25) is 5.91 Å². The molecule has 3 aromatic rings. The van der Waals surface area contributed by atoms with Gasteiger partial charge in [0.1, 0.15) is 11.7 Å². The SMILES string of the molecule is CCNC(=O)c1ccc2c(c1)CCN(C(=O)C(C(=O)C1CCNCC1)C(N)c1ccc3ccccc3c1)C2. The van der Waals surface area contributed by atoms with Crippen LogP contribution in [-0.2, 0) is 22.6 Å². The van der Waals surface area contributed by atoms with Crippen molar-refractivity contribution in [3.8, 4) is 0 Å². The molecule has 7 heteroatoms. The molecule has 198 valence electrons. The van der Waals surface area contributed by atoms with Crippen molar-refractivity contribution in [1.82, 2.24) is 15.5 Å². The number of hydrogen-bond donors (Lipinski definition) is 3. The predicted molar refractivity (Wildman–Crippen MR) is 149 cm³/mol. The third-order valence-corrected chi connectivity index (χ3v) is 7.96. The standard InChI is InChI=1S/C31H36N4O3/c1-2-34-30(37)25-9-10-26-19-35(16-13-23(26)18-25)31(38)27(29(36)21-11-14-33-15-12-21)28(32)24-8-7-20-5-3-4-6-22(20)17-24/h3-10,17-18,21,27-28,33H,2,11-16,19,32H2,1H3,(H,34,37). The Kier molecular flexibility index (Phi) is 7.86. The van der Waals surface area contributed by atoms with Crippen molar-refractivity contribution in [2.24, 2.45) is 17.6 Å². The number of piperidine rings is 1. The van der Waals surface area contributed by atoms with Gasteiger partial charge in [0.25, 0.3) is 5.91 Å². The Labute approximate surface area is 223 Å². The van der Waals surface area contributed by atoms with Gasteiger partial charge >= 0.3 is 0 Å². The molecule has 2 heterocycles. The second-order valence-electron chi connectivity index (χ2n) is 10.4. The number of ketones is 1. The van der Waals surface area contributed by atoms with Crippen LogP contribution in [0.15, 0.2) is 60.7 Å². The summed E-state index contributed by atoms with van der Waals surface area (Å²) >= 11 is 0. The molecule has 1 fully saturated rings. The van der Waals surface area contributed by atoms with Crippen molar-refractivity contribution in [3.63, 3.8) is 0 Å².